The molecule has 2 atom stereocenters. The molecule has 33 heavy (non-hydrogen) atoms. The summed E-state index contributed by atoms with van der Waals surface area (Å²) in [7, 11) is 1.72. The SMILES string of the molecule is COc1ccccc1CN1CCC2(CC[C@H](CNC(=O)[C@H](C)Oc3cccc(Cl)c3)O2)CC1. The number of methoxy groups -OCH3 is 1. The minimum atomic E-state index is -0.600. The predicted molar refractivity (Wildman–Crippen MR) is 129 cm³/mol. The van der Waals surface area contributed by atoms with Crippen molar-refractivity contribution in [2.45, 2.75) is 57.0 Å². The Labute approximate surface area is 201 Å². The third-order valence-corrected chi connectivity index (χ3v) is 6.91. The quantitative estimate of drug-likeness (QED) is 0.615. The van der Waals surface area contributed by atoms with E-state index in [0.717, 1.165) is 51.1 Å². The molecule has 0 unspecified atom stereocenters. The number of benzene rings is 2. The predicted octanol–water partition coefficient (Wildman–Crippen LogP) is 4.45. The van der Waals surface area contributed by atoms with Crippen LogP contribution in [-0.2, 0) is 16.1 Å². The number of nitrogens with zero attached hydrogens (tertiary/aromatic N) is 1. The van der Waals surface area contributed by atoms with E-state index in [0.29, 0.717) is 17.3 Å². The Balaban J connectivity index is 1.20. The summed E-state index contributed by atoms with van der Waals surface area (Å²) in [6, 6.07) is 15.3. The third kappa shape index (κ3) is 6.19. The molecule has 2 aromatic rings. The first-order valence-corrected chi connectivity index (χ1v) is 12.1. The fourth-order valence-electron chi connectivity index (χ4n) is 4.76. The van der Waals surface area contributed by atoms with Crippen molar-refractivity contribution in [3.8, 4) is 11.5 Å². The van der Waals surface area contributed by atoms with Crippen molar-refractivity contribution in [2.75, 3.05) is 26.7 Å². The molecule has 2 aliphatic rings. The van der Waals surface area contributed by atoms with Gasteiger partial charge in [-0.2, -0.15) is 0 Å². The molecule has 2 fully saturated rings. The minimum absolute atomic E-state index is 0.0492. The van der Waals surface area contributed by atoms with Crippen molar-refractivity contribution in [2.24, 2.45) is 0 Å². The summed E-state index contributed by atoms with van der Waals surface area (Å²) in [6.07, 6.45) is 3.49. The van der Waals surface area contributed by atoms with Gasteiger partial charge in [0.15, 0.2) is 6.10 Å². The smallest absolute Gasteiger partial charge is 0.260 e. The van der Waals surface area contributed by atoms with Gasteiger partial charge in [-0.05, 0) is 56.9 Å². The molecule has 4 rings (SSSR count). The average molecular weight is 473 g/mol. The number of rotatable bonds is 8. The van der Waals surface area contributed by atoms with Gasteiger partial charge in [0.05, 0.1) is 18.8 Å². The van der Waals surface area contributed by atoms with Crippen molar-refractivity contribution in [1.29, 1.82) is 0 Å². The summed E-state index contributed by atoms with van der Waals surface area (Å²) in [4.78, 5) is 15.0. The highest BCUT2D eigenvalue weighted by molar-refractivity contribution is 6.30. The standard InChI is InChI=1S/C26H33ClN2O4/c1-19(32-22-8-5-7-21(27)16-22)25(30)28-17-23-10-11-26(33-23)12-14-29(15-13-26)18-20-6-3-4-9-24(20)31-2/h3-9,16,19,23H,10-15,17-18H2,1-2H3,(H,28,30)/t19-,23+/m0/s1. The number of carbonyl (C=O) groups is 1. The number of halogens is 1. The number of hydrogen-bond donors (Lipinski definition) is 1. The zero-order valence-corrected chi connectivity index (χ0v) is 20.1. The Morgan fingerprint density at radius 3 is 2.76 bits per heavy atom. The lowest BCUT2D eigenvalue weighted by Crippen LogP contribution is -2.45. The Kier molecular flexibility index (Phi) is 7.78. The lowest BCUT2D eigenvalue weighted by atomic mass is 9.88. The molecule has 2 saturated heterocycles. The molecule has 1 spiro atoms. The van der Waals surface area contributed by atoms with Crippen molar-refractivity contribution >= 4 is 17.5 Å². The fraction of sp³-hybridized carbons (Fsp3) is 0.500. The molecule has 0 aliphatic carbocycles. The van der Waals surface area contributed by atoms with Crippen molar-refractivity contribution in [1.82, 2.24) is 10.2 Å². The van der Waals surface area contributed by atoms with E-state index < -0.39 is 6.10 Å². The van der Waals surface area contributed by atoms with Crippen LogP contribution in [-0.4, -0.2) is 55.4 Å². The lowest BCUT2D eigenvalue weighted by molar-refractivity contribution is -0.128. The molecule has 7 heteroatoms. The number of piperidine rings is 1. The maximum Gasteiger partial charge on any atom is 0.260 e. The molecule has 2 aromatic carbocycles. The van der Waals surface area contributed by atoms with E-state index in [1.807, 2.05) is 12.1 Å². The van der Waals surface area contributed by atoms with E-state index in [2.05, 4.69) is 22.3 Å². The van der Waals surface area contributed by atoms with E-state index in [4.69, 9.17) is 25.8 Å². The summed E-state index contributed by atoms with van der Waals surface area (Å²) in [6.45, 7) is 5.15. The summed E-state index contributed by atoms with van der Waals surface area (Å²) in [5, 5.41) is 3.57. The highest BCUT2D eigenvalue weighted by atomic mass is 35.5. The van der Waals surface area contributed by atoms with Gasteiger partial charge < -0.3 is 19.5 Å². The third-order valence-electron chi connectivity index (χ3n) is 6.67. The average Bonchev–Trinajstić information content (AvgIpc) is 3.22. The lowest BCUT2D eigenvalue weighted by Gasteiger charge is -2.39. The van der Waals surface area contributed by atoms with Crippen molar-refractivity contribution in [3.63, 3.8) is 0 Å². The fourth-order valence-corrected chi connectivity index (χ4v) is 4.94. The van der Waals surface area contributed by atoms with E-state index in [-0.39, 0.29) is 17.6 Å². The van der Waals surface area contributed by atoms with Crippen molar-refractivity contribution < 1.29 is 19.0 Å². The molecule has 0 aromatic heterocycles. The van der Waals surface area contributed by atoms with Gasteiger partial charge in [-0.3, -0.25) is 9.69 Å². The van der Waals surface area contributed by atoms with Gasteiger partial charge in [0.1, 0.15) is 11.5 Å². The van der Waals surface area contributed by atoms with Crippen LogP contribution in [0.25, 0.3) is 0 Å². The number of carbonyl (C=O) groups excluding carboxylic acids is 1. The summed E-state index contributed by atoms with van der Waals surface area (Å²) < 4.78 is 17.7. The highest BCUT2D eigenvalue weighted by Gasteiger charge is 2.42. The minimum Gasteiger partial charge on any atom is -0.496 e. The largest absolute Gasteiger partial charge is 0.496 e. The molecule has 178 valence electrons. The van der Waals surface area contributed by atoms with E-state index >= 15 is 0 Å². The van der Waals surface area contributed by atoms with E-state index in [1.165, 1.54) is 5.56 Å². The molecule has 1 N–H and O–H groups in total. The topological polar surface area (TPSA) is 60.0 Å². The first-order chi connectivity index (χ1) is 16.0. The van der Waals surface area contributed by atoms with Gasteiger partial charge in [0.25, 0.3) is 5.91 Å². The zero-order valence-electron chi connectivity index (χ0n) is 19.4. The molecule has 0 radical (unpaired) electrons. The van der Waals surface area contributed by atoms with Crippen LogP contribution in [0.15, 0.2) is 48.5 Å². The first kappa shape index (κ1) is 23.9. The van der Waals surface area contributed by atoms with Crippen LogP contribution in [0.3, 0.4) is 0 Å². The van der Waals surface area contributed by atoms with Gasteiger partial charge in [-0.15, -0.1) is 0 Å². The Morgan fingerprint density at radius 2 is 2.00 bits per heavy atom. The molecule has 1 amide bonds. The van der Waals surface area contributed by atoms with Gasteiger partial charge in [0.2, 0.25) is 0 Å². The highest BCUT2D eigenvalue weighted by Crippen LogP contribution is 2.39. The summed E-state index contributed by atoms with van der Waals surface area (Å²) >= 11 is 5.98. The Morgan fingerprint density at radius 1 is 1.21 bits per heavy atom. The number of nitrogens with one attached hydrogen (secondary N) is 1. The molecule has 2 heterocycles. The number of amides is 1. The molecule has 2 aliphatic heterocycles. The van der Waals surface area contributed by atoms with Crippen LogP contribution in [0.1, 0.15) is 38.2 Å². The van der Waals surface area contributed by atoms with Gasteiger partial charge in [-0.25, -0.2) is 0 Å². The van der Waals surface area contributed by atoms with Crippen LogP contribution in [0, 0.1) is 0 Å². The van der Waals surface area contributed by atoms with Crippen LogP contribution in [0.2, 0.25) is 5.02 Å². The van der Waals surface area contributed by atoms with Crippen LogP contribution >= 0.6 is 11.6 Å². The number of ether oxygens (including phenoxy) is 3. The number of para-hydroxylation sites is 1. The van der Waals surface area contributed by atoms with Crippen LogP contribution in [0.4, 0.5) is 0 Å². The van der Waals surface area contributed by atoms with Gasteiger partial charge in [0, 0.05) is 36.8 Å². The summed E-state index contributed by atoms with van der Waals surface area (Å²) in [5.74, 6) is 1.38. The molecular weight excluding hydrogens is 440 g/mol. The van der Waals surface area contributed by atoms with E-state index in [9.17, 15) is 4.79 Å². The number of likely N-dealkylation sites (tertiary alicyclic amines) is 1. The summed E-state index contributed by atoms with van der Waals surface area (Å²) in [5.41, 5.74) is 1.16. The molecular formula is C26H33ClN2O4. The normalized spacial score (nSPS) is 21.0. The van der Waals surface area contributed by atoms with Crippen LogP contribution in [0.5, 0.6) is 11.5 Å². The van der Waals surface area contributed by atoms with Crippen molar-refractivity contribution in [3.05, 3.63) is 59.1 Å². The maximum absolute atomic E-state index is 12.5. The number of hydrogen-bond acceptors (Lipinski definition) is 5. The molecule has 0 saturated carbocycles. The first-order valence-electron chi connectivity index (χ1n) is 11.7. The second-order valence-electron chi connectivity index (χ2n) is 9.01. The second kappa shape index (κ2) is 10.8. The maximum atomic E-state index is 12.5. The molecule has 6 nitrogen and oxygen atoms in total. The van der Waals surface area contributed by atoms with Crippen LogP contribution < -0.4 is 14.8 Å². The Bertz CT molecular complexity index is 945. The second-order valence-corrected chi connectivity index (χ2v) is 9.45. The monoisotopic (exact) mass is 472 g/mol. The van der Waals surface area contributed by atoms with Gasteiger partial charge >= 0.3 is 0 Å². The molecule has 0 bridgehead atoms. The zero-order chi connectivity index (χ0) is 23.3. The van der Waals surface area contributed by atoms with E-state index in [1.54, 1.807) is 38.3 Å². The van der Waals surface area contributed by atoms with Gasteiger partial charge in [-0.1, -0.05) is 35.9 Å². The Hall–Kier alpha value is -2.28.